The Morgan fingerprint density at radius 1 is 1.27 bits per heavy atom. The molecule has 8 nitrogen and oxygen atoms in total. The van der Waals surface area contributed by atoms with Crippen molar-refractivity contribution < 1.29 is 19.2 Å². The van der Waals surface area contributed by atoms with Crippen LogP contribution in [0.15, 0.2) is 42.0 Å². The van der Waals surface area contributed by atoms with Crippen LogP contribution >= 0.6 is 0 Å². The fourth-order valence-electron chi connectivity index (χ4n) is 2.41. The number of hydrogen-bond donors (Lipinski definition) is 1. The van der Waals surface area contributed by atoms with E-state index in [1.54, 1.807) is 37.3 Å². The number of hydrogen-bond acceptors (Lipinski definition) is 6. The highest BCUT2D eigenvalue weighted by Gasteiger charge is 2.19. The first kappa shape index (κ1) is 17.0. The predicted octanol–water partition coefficient (Wildman–Crippen LogP) is 3.18. The van der Waals surface area contributed by atoms with Crippen LogP contribution in [-0.2, 0) is 4.79 Å². The number of carbonyl (C=O) groups is 1. The molecule has 0 aliphatic carbocycles. The summed E-state index contributed by atoms with van der Waals surface area (Å²) in [5.74, 6) is 0.364. The number of rotatable bonds is 4. The van der Waals surface area contributed by atoms with Crippen molar-refractivity contribution in [3.8, 4) is 17.6 Å². The van der Waals surface area contributed by atoms with Crippen molar-refractivity contribution >= 4 is 23.4 Å². The first-order chi connectivity index (χ1) is 12.5. The molecule has 0 spiro atoms. The fourth-order valence-corrected chi connectivity index (χ4v) is 2.41. The van der Waals surface area contributed by atoms with Crippen LogP contribution in [0.2, 0.25) is 0 Å². The lowest BCUT2D eigenvalue weighted by atomic mass is 10.1. The summed E-state index contributed by atoms with van der Waals surface area (Å²) in [7, 11) is 0. The van der Waals surface area contributed by atoms with Crippen LogP contribution in [0.4, 0.5) is 11.4 Å². The van der Waals surface area contributed by atoms with Crippen molar-refractivity contribution in [2.24, 2.45) is 0 Å². The second-order valence-corrected chi connectivity index (χ2v) is 5.51. The summed E-state index contributed by atoms with van der Waals surface area (Å²) in [4.78, 5) is 22.9. The van der Waals surface area contributed by atoms with Gasteiger partial charge in [0.15, 0.2) is 11.5 Å². The van der Waals surface area contributed by atoms with Crippen molar-refractivity contribution in [1.82, 2.24) is 0 Å². The van der Waals surface area contributed by atoms with Crippen molar-refractivity contribution in [2.75, 3.05) is 12.1 Å². The van der Waals surface area contributed by atoms with Gasteiger partial charge in [0.2, 0.25) is 6.79 Å². The maximum absolute atomic E-state index is 12.4. The van der Waals surface area contributed by atoms with Crippen LogP contribution in [0, 0.1) is 28.4 Å². The lowest BCUT2D eigenvalue weighted by molar-refractivity contribution is -0.384. The number of nitriles is 1. The van der Waals surface area contributed by atoms with Gasteiger partial charge in [0, 0.05) is 6.07 Å². The van der Waals surface area contributed by atoms with E-state index in [9.17, 15) is 20.2 Å². The molecule has 0 bridgehead atoms. The van der Waals surface area contributed by atoms with E-state index in [1.165, 1.54) is 18.2 Å². The molecular formula is C18H13N3O5. The maximum Gasteiger partial charge on any atom is 0.293 e. The Morgan fingerprint density at radius 3 is 2.77 bits per heavy atom. The normalized spacial score (nSPS) is 12.4. The van der Waals surface area contributed by atoms with Gasteiger partial charge in [0.05, 0.1) is 4.92 Å². The van der Waals surface area contributed by atoms with Gasteiger partial charge in [-0.15, -0.1) is 0 Å². The van der Waals surface area contributed by atoms with Crippen molar-refractivity contribution in [1.29, 1.82) is 5.26 Å². The molecule has 26 heavy (non-hydrogen) atoms. The smallest absolute Gasteiger partial charge is 0.293 e. The lowest BCUT2D eigenvalue weighted by Gasteiger charge is -2.06. The molecule has 130 valence electrons. The van der Waals surface area contributed by atoms with Gasteiger partial charge in [-0.3, -0.25) is 14.9 Å². The second-order valence-electron chi connectivity index (χ2n) is 5.51. The van der Waals surface area contributed by atoms with Crippen LogP contribution in [-0.4, -0.2) is 17.6 Å². The number of aryl methyl sites for hydroxylation is 1. The molecule has 1 aliphatic heterocycles. The molecule has 1 aliphatic rings. The van der Waals surface area contributed by atoms with Gasteiger partial charge in [0.1, 0.15) is 17.3 Å². The highest BCUT2D eigenvalue weighted by Crippen LogP contribution is 2.33. The van der Waals surface area contributed by atoms with Crippen LogP contribution in [0.5, 0.6) is 11.5 Å². The minimum Gasteiger partial charge on any atom is -0.454 e. The molecule has 0 atom stereocenters. The maximum atomic E-state index is 12.4. The number of ether oxygens (including phenoxy) is 2. The Hall–Kier alpha value is -3.86. The molecule has 0 radical (unpaired) electrons. The zero-order valence-corrected chi connectivity index (χ0v) is 13.7. The quantitative estimate of drug-likeness (QED) is 0.391. The van der Waals surface area contributed by atoms with Gasteiger partial charge in [-0.05, 0) is 42.3 Å². The molecule has 0 fully saturated rings. The zero-order valence-electron chi connectivity index (χ0n) is 13.7. The van der Waals surface area contributed by atoms with Crippen molar-refractivity contribution in [2.45, 2.75) is 6.92 Å². The number of benzene rings is 2. The Balaban J connectivity index is 1.86. The lowest BCUT2D eigenvalue weighted by Crippen LogP contribution is -2.14. The third-order valence-corrected chi connectivity index (χ3v) is 3.67. The number of fused-ring (bicyclic) bond motifs is 1. The monoisotopic (exact) mass is 351 g/mol. The Morgan fingerprint density at radius 2 is 2.04 bits per heavy atom. The van der Waals surface area contributed by atoms with Crippen LogP contribution in [0.25, 0.3) is 6.08 Å². The topological polar surface area (TPSA) is 114 Å². The Bertz CT molecular complexity index is 975. The molecule has 0 aromatic heterocycles. The third-order valence-electron chi connectivity index (χ3n) is 3.67. The predicted molar refractivity (Wildman–Crippen MR) is 92.6 cm³/mol. The number of nitro groups is 1. The summed E-state index contributed by atoms with van der Waals surface area (Å²) in [5, 5.41) is 22.8. The number of nitrogens with one attached hydrogen (secondary N) is 1. The van der Waals surface area contributed by atoms with E-state index in [1.807, 2.05) is 0 Å². The van der Waals surface area contributed by atoms with Gasteiger partial charge in [-0.1, -0.05) is 12.1 Å². The number of amides is 1. The van der Waals surface area contributed by atoms with Crippen LogP contribution in [0.1, 0.15) is 11.1 Å². The SMILES string of the molecule is Cc1ccc(NC(=O)/C(C#N)=C/c2ccc3c(c2)OCO3)c([N+](=O)[O-])c1. The molecule has 2 aromatic carbocycles. The van der Waals surface area contributed by atoms with Crippen LogP contribution in [0.3, 0.4) is 0 Å². The largest absolute Gasteiger partial charge is 0.454 e. The van der Waals surface area contributed by atoms with Gasteiger partial charge in [-0.25, -0.2) is 0 Å². The fraction of sp³-hybridized carbons (Fsp3) is 0.111. The molecular weight excluding hydrogens is 338 g/mol. The highest BCUT2D eigenvalue weighted by atomic mass is 16.7. The molecule has 0 unspecified atom stereocenters. The summed E-state index contributed by atoms with van der Waals surface area (Å²) in [5.41, 5.74) is 0.848. The Kier molecular flexibility index (Phi) is 4.53. The minimum atomic E-state index is -0.739. The molecule has 1 heterocycles. The molecule has 0 saturated carbocycles. The highest BCUT2D eigenvalue weighted by molar-refractivity contribution is 6.10. The molecule has 3 rings (SSSR count). The summed E-state index contributed by atoms with van der Waals surface area (Å²) in [6.45, 7) is 1.82. The number of carbonyl (C=O) groups excluding carboxylic acids is 1. The molecule has 1 N–H and O–H groups in total. The number of nitrogens with zero attached hydrogens (tertiary/aromatic N) is 2. The average Bonchev–Trinajstić information content (AvgIpc) is 3.08. The van der Waals surface area contributed by atoms with Gasteiger partial charge in [0.25, 0.3) is 11.6 Å². The number of nitro benzene ring substituents is 1. The standard InChI is InChI=1S/C18H13N3O5/c1-11-2-4-14(15(6-11)21(23)24)20-18(22)13(9-19)7-12-3-5-16-17(8-12)26-10-25-16/h2-8H,10H2,1H3,(H,20,22)/b13-7+. The van der Waals surface area contributed by atoms with Gasteiger partial charge < -0.3 is 14.8 Å². The molecule has 2 aromatic rings. The third kappa shape index (κ3) is 3.47. The average molecular weight is 351 g/mol. The first-order valence-electron chi connectivity index (χ1n) is 7.56. The van der Waals surface area contributed by atoms with E-state index in [0.717, 1.165) is 0 Å². The summed E-state index contributed by atoms with van der Waals surface area (Å²) < 4.78 is 10.5. The van der Waals surface area contributed by atoms with E-state index < -0.39 is 10.8 Å². The Labute approximate surface area is 148 Å². The van der Waals surface area contributed by atoms with E-state index in [2.05, 4.69) is 5.32 Å². The van der Waals surface area contributed by atoms with Crippen molar-refractivity contribution in [3.63, 3.8) is 0 Å². The van der Waals surface area contributed by atoms with Gasteiger partial charge in [-0.2, -0.15) is 5.26 Å². The van der Waals surface area contributed by atoms with E-state index >= 15 is 0 Å². The number of anilines is 1. The van der Waals surface area contributed by atoms with E-state index in [4.69, 9.17) is 9.47 Å². The first-order valence-corrected chi connectivity index (χ1v) is 7.56. The summed E-state index contributed by atoms with van der Waals surface area (Å²) >= 11 is 0. The summed E-state index contributed by atoms with van der Waals surface area (Å²) in [6.07, 6.45) is 1.37. The minimum absolute atomic E-state index is 0.0254. The van der Waals surface area contributed by atoms with E-state index in [-0.39, 0.29) is 23.7 Å². The molecule has 0 saturated heterocycles. The molecule has 8 heteroatoms. The van der Waals surface area contributed by atoms with E-state index in [0.29, 0.717) is 22.6 Å². The second kappa shape index (κ2) is 6.94. The van der Waals surface area contributed by atoms with Crippen molar-refractivity contribution in [3.05, 3.63) is 63.2 Å². The molecule has 1 amide bonds. The zero-order chi connectivity index (χ0) is 18.7. The summed E-state index contributed by atoms with van der Waals surface area (Å²) in [6, 6.07) is 11.2. The van der Waals surface area contributed by atoms with Crippen LogP contribution < -0.4 is 14.8 Å². The van der Waals surface area contributed by atoms with Gasteiger partial charge >= 0.3 is 0 Å².